The second kappa shape index (κ2) is 8.21. The summed E-state index contributed by atoms with van der Waals surface area (Å²) in [5.74, 6) is -2.08. The van der Waals surface area contributed by atoms with E-state index in [1.54, 1.807) is 48.5 Å². The first kappa shape index (κ1) is 19.4. The molecule has 4 rings (SSSR count). The summed E-state index contributed by atoms with van der Waals surface area (Å²) in [6, 6.07) is 23.0. The largest absolute Gasteiger partial charge is 0.550 e. The fourth-order valence-electron chi connectivity index (χ4n) is 3.66. The molecule has 1 aliphatic rings. The topological polar surface area (TPSA) is 72.5 Å². The molecule has 150 valence electrons. The van der Waals surface area contributed by atoms with Crippen LogP contribution in [-0.2, 0) is 9.59 Å². The van der Waals surface area contributed by atoms with Crippen LogP contribution >= 0.6 is 0 Å². The number of nitrogens with zero attached hydrogens (tertiary/aromatic N) is 1. The van der Waals surface area contributed by atoms with E-state index in [0.29, 0.717) is 22.5 Å². The summed E-state index contributed by atoms with van der Waals surface area (Å²) in [5.41, 5.74) is 2.42. The third kappa shape index (κ3) is 3.80. The maximum absolute atomic E-state index is 13.5. The van der Waals surface area contributed by atoms with Crippen molar-refractivity contribution in [2.75, 3.05) is 10.2 Å². The van der Waals surface area contributed by atoms with Crippen LogP contribution in [0.15, 0.2) is 96.2 Å². The Morgan fingerprint density at radius 2 is 1.53 bits per heavy atom. The number of hydrogen-bond donors (Lipinski definition) is 1. The van der Waals surface area contributed by atoms with Crippen molar-refractivity contribution in [3.63, 3.8) is 0 Å². The van der Waals surface area contributed by atoms with E-state index in [-0.39, 0.29) is 11.6 Å². The lowest BCUT2D eigenvalue weighted by molar-refractivity contribution is -0.304. The van der Waals surface area contributed by atoms with E-state index in [9.17, 15) is 19.1 Å². The highest BCUT2D eigenvalue weighted by molar-refractivity contribution is 6.12. The van der Waals surface area contributed by atoms with Crippen LogP contribution in [0.5, 0.6) is 0 Å². The van der Waals surface area contributed by atoms with Gasteiger partial charge in [0.05, 0.1) is 6.04 Å². The van der Waals surface area contributed by atoms with Crippen LogP contribution in [0, 0.1) is 5.82 Å². The molecule has 0 saturated carbocycles. The highest BCUT2D eigenvalue weighted by Crippen LogP contribution is 2.42. The number of nitrogens with one attached hydrogen (secondary N) is 1. The lowest BCUT2D eigenvalue weighted by Gasteiger charge is -2.27. The van der Waals surface area contributed by atoms with Crippen molar-refractivity contribution in [3.8, 4) is 0 Å². The number of carbonyl (C=O) groups excluding carboxylic acids is 2. The molecular weight excluding hydrogens is 383 g/mol. The Morgan fingerprint density at radius 1 is 0.933 bits per heavy atom. The lowest BCUT2D eigenvalue weighted by Crippen LogP contribution is -2.31. The molecule has 0 spiro atoms. The van der Waals surface area contributed by atoms with Gasteiger partial charge in [-0.2, -0.15) is 0 Å². The number of halogens is 1. The summed E-state index contributed by atoms with van der Waals surface area (Å²) in [4.78, 5) is 26.6. The van der Waals surface area contributed by atoms with Crippen molar-refractivity contribution in [2.24, 2.45) is 0 Å². The molecule has 0 unspecified atom stereocenters. The molecule has 3 aromatic carbocycles. The van der Waals surface area contributed by atoms with Crippen molar-refractivity contribution < 1.29 is 19.1 Å². The number of benzene rings is 3. The number of anilines is 2. The molecule has 1 heterocycles. The number of para-hydroxylation sites is 2. The lowest BCUT2D eigenvalue weighted by atomic mass is 9.96. The minimum atomic E-state index is -1.30. The van der Waals surface area contributed by atoms with E-state index in [4.69, 9.17) is 0 Å². The molecule has 6 heteroatoms. The Balaban J connectivity index is 1.87. The smallest absolute Gasteiger partial charge is 0.275 e. The van der Waals surface area contributed by atoms with Gasteiger partial charge in [0.25, 0.3) is 5.91 Å². The number of carbonyl (C=O) groups is 2. The maximum Gasteiger partial charge on any atom is 0.275 e. The van der Waals surface area contributed by atoms with Crippen molar-refractivity contribution in [1.82, 2.24) is 0 Å². The fraction of sp³-hybridized carbons (Fsp3) is 0.0833. The Bertz CT molecular complexity index is 1100. The molecule has 1 atom stereocenters. The highest BCUT2D eigenvalue weighted by atomic mass is 19.1. The number of aliphatic carboxylic acids is 1. The Kier molecular flexibility index (Phi) is 5.30. The van der Waals surface area contributed by atoms with Crippen LogP contribution in [0.1, 0.15) is 18.0 Å². The Labute approximate surface area is 173 Å². The molecule has 1 amide bonds. The number of rotatable bonds is 6. The molecule has 3 aromatic rings. The number of carboxylic acids is 1. The molecule has 5 nitrogen and oxygen atoms in total. The number of carboxylic acid groups (broad SMARTS) is 1. The number of amides is 1. The summed E-state index contributed by atoms with van der Waals surface area (Å²) in [6.07, 6.45) is -0.438. The summed E-state index contributed by atoms with van der Waals surface area (Å²) < 4.78 is 13.5. The van der Waals surface area contributed by atoms with Gasteiger partial charge in [0.15, 0.2) is 0 Å². The first-order valence-corrected chi connectivity index (χ1v) is 9.43. The first-order valence-electron chi connectivity index (χ1n) is 9.43. The third-order valence-corrected chi connectivity index (χ3v) is 4.94. The van der Waals surface area contributed by atoms with Gasteiger partial charge in [0.2, 0.25) is 0 Å². The Morgan fingerprint density at radius 3 is 2.13 bits per heavy atom. The van der Waals surface area contributed by atoms with Gasteiger partial charge in [-0.05, 0) is 47.5 Å². The first-order chi connectivity index (χ1) is 14.5. The molecule has 0 bridgehead atoms. The van der Waals surface area contributed by atoms with Crippen molar-refractivity contribution in [3.05, 3.63) is 108 Å². The Hall–Kier alpha value is -3.93. The van der Waals surface area contributed by atoms with E-state index >= 15 is 0 Å². The van der Waals surface area contributed by atoms with Crippen molar-refractivity contribution >= 4 is 23.3 Å². The predicted molar refractivity (Wildman–Crippen MR) is 110 cm³/mol. The summed E-state index contributed by atoms with van der Waals surface area (Å²) in [7, 11) is 0. The van der Waals surface area contributed by atoms with Crippen molar-refractivity contribution in [2.45, 2.75) is 12.5 Å². The molecule has 0 radical (unpaired) electrons. The van der Waals surface area contributed by atoms with Gasteiger partial charge in [-0.3, -0.25) is 9.69 Å². The summed E-state index contributed by atoms with van der Waals surface area (Å²) in [6.45, 7) is 0. The molecule has 1 aliphatic heterocycles. The summed E-state index contributed by atoms with van der Waals surface area (Å²) in [5, 5.41) is 14.7. The third-order valence-electron chi connectivity index (χ3n) is 4.94. The van der Waals surface area contributed by atoms with E-state index in [2.05, 4.69) is 5.32 Å². The minimum absolute atomic E-state index is 0.184. The second-order valence-electron chi connectivity index (χ2n) is 6.90. The quantitative estimate of drug-likeness (QED) is 0.687. The van der Waals surface area contributed by atoms with Crippen LogP contribution in [0.4, 0.5) is 15.8 Å². The maximum atomic E-state index is 13.5. The minimum Gasteiger partial charge on any atom is -0.550 e. The average molecular weight is 401 g/mol. The van der Waals surface area contributed by atoms with Gasteiger partial charge < -0.3 is 15.2 Å². The van der Waals surface area contributed by atoms with Crippen LogP contribution in [0.2, 0.25) is 0 Å². The standard InChI is InChI=1S/C24H19FN2O3/c25-17-13-11-16(12-14-17)23-20(15-21(28)29)22(26-18-7-3-1-4-8-18)24(30)27(23)19-9-5-2-6-10-19/h1-14,23,26H,15H2,(H,28,29)/p-1/t23-/m0/s1. The van der Waals surface area contributed by atoms with Crippen LogP contribution in [-0.4, -0.2) is 11.9 Å². The van der Waals surface area contributed by atoms with Crippen LogP contribution < -0.4 is 15.3 Å². The van der Waals surface area contributed by atoms with E-state index in [1.165, 1.54) is 17.0 Å². The molecule has 0 aromatic heterocycles. The summed E-state index contributed by atoms with van der Waals surface area (Å²) >= 11 is 0. The van der Waals surface area contributed by atoms with E-state index < -0.39 is 24.2 Å². The van der Waals surface area contributed by atoms with Gasteiger partial charge in [0.1, 0.15) is 11.5 Å². The zero-order valence-corrected chi connectivity index (χ0v) is 15.9. The van der Waals surface area contributed by atoms with Crippen LogP contribution in [0.3, 0.4) is 0 Å². The predicted octanol–water partition coefficient (Wildman–Crippen LogP) is 3.42. The zero-order valence-electron chi connectivity index (χ0n) is 15.9. The van der Waals surface area contributed by atoms with Gasteiger partial charge in [-0.1, -0.05) is 48.5 Å². The fourth-order valence-corrected chi connectivity index (χ4v) is 3.66. The van der Waals surface area contributed by atoms with E-state index in [1.807, 2.05) is 24.3 Å². The second-order valence-corrected chi connectivity index (χ2v) is 6.90. The SMILES string of the molecule is O=C([O-])CC1=C(Nc2ccccc2)C(=O)N(c2ccccc2)[C@H]1c1ccc(F)cc1. The molecule has 1 N–H and O–H groups in total. The van der Waals surface area contributed by atoms with Gasteiger partial charge >= 0.3 is 0 Å². The van der Waals surface area contributed by atoms with Gasteiger partial charge in [0, 0.05) is 23.8 Å². The molecule has 0 fully saturated rings. The average Bonchev–Trinajstić information content (AvgIpc) is 3.01. The van der Waals surface area contributed by atoms with Crippen molar-refractivity contribution in [1.29, 1.82) is 0 Å². The molecule has 0 saturated heterocycles. The normalized spacial score (nSPS) is 16.1. The van der Waals surface area contributed by atoms with Crippen LogP contribution in [0.25, 0.3) is 0 Å². The van der Waals surface area contributed by atoms with E-state index in [0.717, 1.165) is 0 Å². The number of hydrogen-bond acceptors (Lipinski definition) is 4. The zero-order chi connectivity index (χ0) is 21.1. The monoisotopic (exact) mass is 401 g/mol. The highest BCUT2D eigenvalue weighted by Gasteiger charge is 2.41. The van der Waals surface area contributed by atoms with Gasteiger partial charge in [-0.15, -0.1) is 0 Å². The molecular formula is C24H18FN2O3-. The van der Waals surface area contributed by atoms with Gasteiger partial charge in [-0.25, -0.2) is 4.39 Å². The molecule has 0 aliphatic carbocycles. The molecule has 30 heavy (non-hydrogen) atoms.